The van der Waals surface area contributed by atoms with Crippen LogP contribution < -0.4 is 5.46 Å². The molecule has 7 rings (SSSR count). The van der Waals surface area contributed by atoms with Crippen molar-refractivity contribution in [2.24, 2.45) is 0 Å². The quantitative estimate of drug-likeness (QED) is 0.320. The van der Waals surface area contributed by atoms with E-state index in [1.54, 1.807) is 6.07 Å². The van der Waals surface area contributed by atoms with Gasteiger partial charge in [-0.15, -0.1) is 0 Å². The predicted molar refractivity (Wildman–Crippen MR) is 149 cm³/mol. The van der Waals surface area contributed by atoms with E-state index in [-0.39, 0.29) is 0 Å². The first-order valence-corrected chi connectivity index (χ1v) is 12.4. The Morgan fingerprint density at radius 3 is 2.25 bits per heavy atom. The standard InChI is InChI=1S/C32H24BNO2/c35-33(36)23-8-5-9-24(20-23)34-31-14-4-3-11-29(31)30-19-22(16-18-32(30)34)26-12-6-13-27-25-10-2-1-7-21(25)15-17-28(26)27/h1-14,16,18-20,35-36H,15,17H2. The van der Waals surface area contributed by atoms with Crippen LogP contribution in [0.25, 0.3) is 49.7 Å². The van der Waals surface area contributed by atoms with Gasteiger partial charge < -0.3 is 14.6 Å². The zero-order chi connectivity index (χ0) is 24.2. The van der Waals surface area contributed by atoms with Gasteiger partial charge in [-0.25, -0.2) is 0 Å². The van der Waals surface area contributed by atoms with Crippen molar-refractivity contribution in [3.8, 4) is 27.9 Å². The van der Waals surface area contributed by atoms with Crippen molar-refractivity contribution in [2.45, 2.75) is 12.8 Å². The zero-order valence-corrected chi connectivity index (χ0v) is 19.7. The lowest BCUT2D eigenvalue weighted by atomic mass is 9.80. The molecule has 0 unspecified atom stereocenters. The van der Waals surface area contributed by atoms with E-state index in [4.69, 9.17) is 0 Å². The highest BCUT2D eigenvalue weighted by Gasteiger charge is 2.20. The number of para-hydroxylation sites is 1. The van der Waals surface area contributed by atoms with E-state index in [2.05, 4.69) is 83.4 Å². The van der Waals surface area contributed by atoms with Crippen LogP contribution in [-0.4, -0.2) is 21.7 Å². The number of aryl methyl sites for hydroxylation is 1. The molecule has 3 nitrogen and oxygen atoms in total. The summed E-state index contributed by atoms with van der Waals surface area (Å²) in [4.78, 5) is 0. The third-order valence-corrected chi connectivity index (χ3v) is 7.54. The first-order valence-electron chi connectivity index (χ1n) is 12.4. The number of benzene rings is 5. The van der Waals surface area contributed by atoms with Gasteiger partial charge in [0.1, 0.15) is 0 Å². The lowest BCUT2D eigenvalue weighted by molar-refractivity contribution is 0.426. The van der Waals surface area contributed by atoms with Crippen LogP contribution in [0.3, 0.4) is 0 Å². The van der Waals surface area contributed by atoms with Gasteiger partial charge in [-0.1, -0.05) is 78.9 Å². The maximum atomic E-state index is 9.74. The summed E-state index contributed by atoms with van der Waals surface area (Å²) < 4.78 is 2.21. The molecule has 1 aromatic heterocycles. The van der Waals surface area contributed by atoms with Gasteiger partial charge in [0.2, 0.25) is 0 Å². The van der Waals surface area contributed by atoms with Gasteiger partial charge in [0.05, 0.1) is 11.0 Å². The molecule has 0 saturated heterocycles. The minimum absolute atomic E-state index is 0.478. The van der Waals surface area contributed by atoms with E-state index in [0.29, 0.717) is 5.46 Å². The van der Waals surface area contributed by atoms with Crippen LogP contribution in [0, 0.1) is 0 Å². The Labute approximate surface area is 210 Å². The molecule has 4 heteroatoms. The Bertz CT molecular complexity index is 1780. The van der Waals surface area contributed by atoms with E-state index < -0.39 is 7.12 Å². The summed E-state index contributed by atoms with van der Waals surface area (Å²) >= 11 is 0. The van der Waals surface area contributed by atoms with E-state index in [9.17, 15) is 10.0 Å². The monoisotopic (exact) mass is 465 g/mol. The molecule has 0 aliphatic heterocycles. The highest BCUT2D eigenvalue weighted by Crippen LogP contribution is 2.40. The predicted octanol–water partition coefficient (Wildman–Crippen LogP) is 5.90. The summed E-state index contributed by atoms with van der Waals surface area (Å²) in [5.74, 6) is 0. The van der Waals surface area contributed by atoms with E-state index in [1.807, 2.05) is 24.3 Å². The maximum Gasteiger partial charge on any atom is 0.488 e. The summed E-state index contributed by atoms with van der Waals surface area (Å²) in [6, 6.07) is 38.0. The summed E-state index contributed by atoms with van der Waals surface area (Å²) in [5, 5.41) is 21.8. The van der Waals surface area contributed by atoms with Crippen LogP contribution in [0.1, 0.15) is 11.1 Å². The van der Waals surface area contributed by atoms with Crippen molar-refractivity contribution in [3.63, 3.8) is 0 Å². The Balaban J connectivity index is 1.45. The van der Waals surface area contributed by atoms with Crippen LogP contribution in [0.4, 0.5) is 0 Å². The maximum absolute atomic E-state index is 9.74. The SMILES string of the molecule is OB(O)c1cccc(-n2c3ccccc3c3cc(-c4cccc5c4CCc4ccccc4-5)ccc32)c1. The molecule has 0 radical (unpaired) electrons. The molecule has 6 aromatic rings. The number of hydrogen-bond acceptors (Lipinski definition) is 2. The summed E-state index contributed by atoms with van der Waals surface area (Å²) in [7, 11) is -1.50. The van der Waals surface area contributed by atoms with Crippen LogP contribution in [0.2, 0.25) is 0 Å². The Morgan fingerprint density at radius 2 is 1.33 bits per heavy atom. The zero-order valence-electron chi connectivity index (χ0n) is 19.7. The Morgan fingerprint density at radius 1 is 0.583 bits per heavy atom. The smallest absolute Gasteiger partial charge is 0.423 e. The molecule has 0 fully saturated rings. The molecule has 2 N–H and O–H groups in total. The largest absolute Gasteiger partial charge is 0.488 e. The topological polar surface area (TPSA) is 45.4 Å². The highest BCUT2D eigenvalue weighted by molar-refractivity contribution is 6.58. The van der Waals surface area contributed by atoms with Crippen molar-refractivity contribution in [2.75, 3.05) is 0 Å². The molecule has 172 valence electrons. The fourth-order valence-electron chi connectivity index (χ4n) is 5.88. The molecule has 1 aliphatic rings. The van der Waals surface area contributed by atoms with Crippen molar-refractivity contribution in [1.82, 2.24) is 4.57 Å². The molecule has 0 saturated carbocycles. The second-order valence-electron chi connectivity index (χ2n) is 9.54. The van der Waals surface area contributed by atoms with Crippen LogP contribution in [0.15, 0.2) is 109 Å². The summed E-state index contributed by atoms with van der Waals surface area (Å²) in [5.41, 5.74) is 11.6. The minimum Gasteiger partial charge on any atom is -0.423 e. The third-order valence-electron chi connectivity index (χ3n) is 7.54. The van der Waals surface area contributed by atoms with Crippen LogP contribution in [0.5, 0.6) is 0 Å². The van der Waals surface area contributed by atoms with Crippen molar-refractivity contribution < 1.29 is 10.0 Å². The number of fused-ring (bicyclic) bond motifs is 6. The average Bonchev–Trinajstić information content (AvgIpc) is 3.26. The minimum atomic E-state index is -1.50. The molecule has 1 aliphatic carbocycles. The molecule has 0 spiro atoms. The lowest BCUT2D eigenvalue weighted by Gasteiger charge is -2.22. The molecular weight excluding hydrogens is 441 g/mol. The first-order chi connectivity index (χ1) is 17.7. The second kappa shape index (κ2) is 8.23. The normalized spacial score (nSPS) is 12.5. The van der Waals surface area contributed by atoms with Gasteiger partial charge in [0.25, 0.3) is 0 Å². The first kappa shape index (κ1) is 21.2. The Hall–Kier alpha value is -4.12. The third kappa shape index (κ3) is 3.23. The van der Waals surface area contributed by atoms with Crippen LogP contribution in [-0.2, 0) is 12.8 Å². The van der Waals surface area contributed by atoms with Gasteiger partial charge >= 0.3 is 7.12 Å². The van der Waals surface area contributed by atoms with E-state index in [0.717, 1.165) is 29.6 Å². The molecular formula is C32H24BNO2. The molecule has 1 heterocycles. The van der Waals surface area contributed by atoms with Gasteiger partial charge in [-0.3, -0.25) is 0 Å². The highest BCUT2D eigenvalue weighted by atomic mass is 16.4. The number of nitrogens with zero attached hydrogens (tertiary/aromatic N) is 1. The number of aromatic nitrogens is 1. The fraction of sp³-hybridized carbons (Fsp3) is 0.0625. The number of rotatable bonds is 3. The van der Waals surface area contributed by atoms with Crippen molar-refractivity contribution in [3.05, 3.63) is 120 Å². The Kier molecular flexibility index (Phi) is 4.85. The van der Waals surface area contributed by atoms with Gasteiger partial charge in [-0.05, 0) is 82.0 Å². The average molecular weight is 465 g/mol. The van der Waals surface area contributed by atoms with E-state index >= 15 is 0 Å². The van der Waals surface area contributed by atoms with Crippen molar-refractivity contribution in [1.29, 1.82) is 0 Å². The van der Waals surface area contributed by atoms with Crippen LogP contribution >= 0.6 is 0 Å². The molecule has 36 heavy (non-hydrogen) atoms. The molecule has 0 amide bonds. The van der Waals surface area contributed by atoms with Gasteiger partial charge in [0.15, 0.2) is 0 Å². The number of hydrogen-bond donors (Lipinski definition) is 2. The second-order valence-corrected chi connectivity index (χ2v) is 9.54. The van der Waals surface area contributed by atoms with Crippen molar-refractivity contribution >= 4 is 34.4 Å². The fourth-order valence-corrected chi connectivity index (χ4v) is 5.88. The molecule has 0 bridgehead atoms. The summed E-state index contributed by atoms with van der Waals surface area (Å²) in [6.45, 7) is 0. The summed E-state index contributed by atoms with van der Waals surface area (Å²) in [6.07, 6.45) is 2.10. The van der Waals surface area contributed by atoms with Gasteiger partial charge in [-0.2, -0.15) is 0 Å². The molecule has 0 atom stereocenters. The lowest BCUT2D eigenvalue weighted by Crippen LogP contribution is -2.29. The van der Waals surface area contributed by atoms with Gasteiger partial charge in [0, 0.05) is 16.5 Å². The molecule has 5 aromatic carbocycles. The van der Waals surface area contributed by atoms with E-state index in [1.165, 1.54) is 44.2 Å².